The zero-order chi connectivity index (χ0) is 19.0. The van der Waals surface area contributed by atoms with Gasteiger partial charge in [-0.15, -0.1) is 0 Å². The Bertz CT molecular complexity index is 961. The van der Waals surface area contributed by atoms with Gasteiger partial charge in [0.05, 0.1) is 17.7 Å². The Morgan fingerprint density at radius 3 is 3.04 bits per heavy atom. The van der Waals surface area contributed by atoms with Gasteiger partial charge in [0.25, 0.3) is 0 Å². The van der Waals surface area contributed by atoms with Gasteiger partial charge in [-0.3, -0.25) is 4.99 Å². The predicted octanol–water partition coefficient (Wildman–Crippen LogP) is 4.94. The lowest BCUT2D eigenvalue weighted by molar-refractivity contribution is 0.535. The molecule has 4 heteroatoms. The molecule has 0 fully saturated rings. The molecule has 4 rings (SSSR count). The maximum absolute atomic E-state index is 4.94. The van der Waals surface area contributed by atoms with Crippen molar-refractivity contribution in [1.82, 2.24) is 9.55 Å². The Hall–Kier alpha value is -2.62. The number of rotatable bonds is 4. The van der Waals surface area contributed by atoms with Crippen LogP contribution >= 0.6 is 0 Å². The fraction of sp³-hybridized carbons (Fsp3) is 0.391. The highest BCUT2D eigenvalue weighted by atomic mass is 15.1. The van der Waals surface area contributed by atoms with Gasteiger partial charge in [-0.05, 0) is 55.9 Å². The summed E-state index contributed by atoms with van der Waals surface area (Å²) in [5.41, 5.74) is 8.22. The minimum Gasteiger partial charge on any atom is -0.357 e. The number of nitrogens with zero attached hydrogens (tertiary/aromatic N) is 3. The van der Waals surface area contributed by atoms with Crippen molar-refractivity contribution in [2.75, 3.05) is 5.32 Å². The van der Waals surface area contributed by atoms with Crippen molar-refractivity contribution in [3.8, 4) is 0 Å². The molecule has 140 valence electrons. The third kappa shape index (κ3) is 2.93. The van der Waals surface area contributed by atoms with E-state index >= 15 is 0 Å². The largest absolute Gasteiger partial charge is 0.357 e. The number of aryl methyl sites for hydroxylation is 2. The second-order valence-corrected chi connectivity index (χ2v) is 7.64. The van der Waals surface area contributed by atoms with Gasteiger partial charge in [0.2, 0.25) is 0 Å². The number of imidazole rings is 1. The molecule has 2 aliphatic rings. The van der Waals surface area contributed by atoms with Gasteiger partial charge in [0, 0.05) is 31.1 Å². The summed E-state index contributed by atoms with van der Waals surface area (Å²) in [6.07, 6.45) is 14.7. The summed E-state index contributed by atoms with van der Waals surface area (Å²) in [6, 6.07) is 4.48. The number of allylic oxidation sites excluding steroid dienone is 2. The van der Waals surface area contributed by atoms with Crippen LogP contribution < -0.4 is 5.32 Å². The van der Waals surface area contributed by atoms with Crippen LogP contribution in [-0.2, 0) is 25.4 Å². The van der Waals surface area contributed by atoms with Crippen molar-refractivity contribution in [2.24, 2.45) is 12.0 Å². The van der Waals surface area contributed by atoms with E-state index in [2.05, 4.69) is 73.0 Å². The summed E-state index contributed by atoms with van der Waals surface area (Å²) in [6.45, 7) is 6.57. The first-order valence-electron chi connectivity index (χ1n) is 9.85. The monoisotopic (exact) mass is 360 g/mol. The number of aromatic nitrogens is 2. The van der Waals surface area contributed by atoms with Crippen LogP contribution in [-0.4, -0.2) is 15.8 Å². The van der Waals surface area contributed by atoms with Crippen LogP contribution in [0.5, 0.6) is 0 Å². The average Bonchev–Trinajstić information content (AvgIpc) is 3.06. The fourth-order valence-electron chi connectivity index (χ4n) is 4.36. The Kier molecular flexibility index (Phi) is 4.50. The van der Waals surface area contributed by atoms with Crippen LogP contribution in [0.15, 0.2) is 41.3 Å². The van der Waals surface area contributed by atoms with Crippen LogP contribution in [0.4, 0.5) is 5.69 Å². The molecule has 1 aliphatic heterocycles. The maximum Gasteiger partial charge on any atom is 0.138 e. The summed E-state index contributed by atoms with van der Waals surface area (Å²) in [7, 11) is 2.06. The summed E-state index contributed by atoms with van der Waals surface area (Å²) in [4.78, 5) is 9.52. The molecule has 4 nitrogen and oxygen atoms in total. The van der Waals surface area contributed by atoms with Crippen LogP contribution in [0.1, 0.15) is 54.8 Å². The van der Waals surface area contributed by atoms with Gasteiger partial charge in [-0.2, -0.15) is 0 Å². The molecule has 1 unspecified atom stereocenters. The van der Waals surface area contributed by atoms with E-state index in [1.54, 1.807) is 0 Å². The smallest absolute Gasteiger partial charge is 0.138 e. The van der Waals surface area contributed by atoms with E-state index in [4.69, 9.17) is 4.99 Å². The zero-order valence-electron chi connectivity index (χ0n) is 16.7. The molecule has 1 atom stereocenters. The lowest BCUT2D eigenvalue weighted by atomic mass is 9.87. The van der Waals surface area contributed by atoms with E-state index in [0.717, 1.165) is 42.8 Å². The lowest BCUT2D eigenvalue weighted by Crippen LogP contribution is -2.33. The highest BCUT2D eigenvalue weighted by molar-refractivity contribution is 5.71. The lowest BCUT2D eigenvalue weighted by Gasteiger charge is -2.33. The van der Waals surface area contributed by atoms with Crippen LogP contribution in [0.2, 0.25) is 0 Å². The van der Waals surface area contributed by atoms with Crippen molar-refractivity contribution in [1.29, 1.82) is 0 Å². The first-order valence-corrected chi connectivity index (χ1v) is 9.85. The van der Waals surface area contributed by atoms with Crippen molar-refractivity contribution in [3.63, 3.8) is 0 Å². The molecular weight excluding hydrogens is 332 g/mol. The Morgan fingerprint density at radius 2 is 2.22 bits per heavy atom. The molecule has 0 bridgehead atoms. The van der Waals surface area contributed by atoms with E-state index in [1.165, 1.54) is 22.4 Å². The maximum atomic E-state index is 4.94. The molecule has 2 aromatic rings. The zero-order valence-corrected chi connectivity index (χ0v) is 16.7. The van der Waals surface area contributed by atoms with E-state index in [-0.39, 0.29) is 0 Å². The molecule has 0 radical (unpaired) electrons. The highest BCUT2D eigenvalue weighted by Gasteiger charge is 2.37. The number of nitrogens with one attached hydrogen (secondary N) is 1. The number of fused-ring (bicyclic) bond motifs is 2. The SMILES string of the molecule is CC/C=C(/Nc1ccc2c(c1C)C=CCC2)C1(C)N=CCc2ncn(C)c21. The molecule has 0 saturated heterocycles. The summed E-state index contributed by atoms with van der Waals surface area (Å²) >= 11 is 0. The Labute approximate surface area is 161 Å². The second kappa shape index (κ2) is 6.84. The van der Waals surface area contributed by atoms with Gasteiger partial charge in [-0.25, -0.2) is 4.98 Å². The first-order chi connectivity index (χ1) is 13.0. The molecule has 0 saturated carbocycles. The first kappa shape index (κ1) is 17.8. The third-order valence-electron chi connectivity index (χ3n) is 5.78. The molecule has 0 amide bonds. The van der Waals surface area contributed by atoms with Gasteiger partial charge >= 0.3 is 0 Å². The number of hydrogen-bond donors (Lipinski definition) is 1. The molecule has 1 aromatic carbocycles. The molecular formula is C23H28N4. The van der Waals surface area contributed by atoms with E-state index in [9.17, 15) is 0 Å². The summed E-state index contributed by atoms with van der Waals surface area (Å²) in [5, 5.41) is 3.74. The third-order valence-corrected chi connectivity index (χ3v) is 5.78. The van der Waals surface area contributed by atoms with E-state index < -0.39 is 5.54 Å². The highest BCUT2D eigenvalue weighted by Crippen LogP contribution is 2.39. The van der Waals surface area contributed by atoms with E-state index in [1.807, 2.05) is 12.5 Å². The second-order valence-electron chi connectivity index (χ2n) is 7.64. The number of aliphatic imine (C=N–C) groups is 1. The Morgan fingerprint density at radius 1 is 1.37 bits per heavy atom. The fourth-order valence-corrected chi connectivity index (χ4v) is 4.36. The number of hydrogen-bond acceptors (Lipinski definition) is 3. The number of anilines is 1. The average molecular weight is 361 g/mol. The van der Waals surface area contributed by atoms with Crippen molar-refractivity contribution in [2.45, 2.75) is 52.0 Å². The van der Waals surface area contributed by atoms with Crippen LogP contribution in [0.3, 0.4) is 0 Å². The number of benzene rings is 1. The topological polar surface area (TPSA) is 42.2 Å². The van der Waals surface area contributed by atoms with Crippen molar-refractivity contribution < 1.29 is 0 Å². The normalized spacial score (nSPS) is 21.1. The van der Waals surface area contributed by atoms with Gasteiger partial charge in [-0.1, -0.05) is 31.2 Å². The molecule has 1 N–H and O–H groups in total. The van der Waals surface area contributed by atoms with Gasteiger partial charge in [0.1, 0.15) is 5.54 Å². The summed E-state index contributed by atoms with van der Waals surface area (Å²) < 4.78 is 2.11. The minimum absolute atomic E-state index is 0.451. The standard InChI is InChI=1S/C23H28N4/c1-5-8-21(23(3)22-20(13-14-25-23)24-15-27(22)4)26-19-12-11-17-9-6-7-10-18(17)16(19)2/h7-8,10-12,14-15,26H,5-6,9,13H2,1-4H3/b21-8+. The van der Waals surface area contributed by atoms with Crippen molar-refractivity contribution >= 4 is 18.0 Å². The molecule has 1 aliphatic carbocycles. The predicted molar refractivity (Wildman–Crippen MR) is 113 cm³/mol. The molecule has 2 heterocycles. The molecule has 1 aromatic heterocycles. The van der Waals surface area contributed by atoms with Gasteiger partial charge in [0.15, 0.2) is 0 Å². The summed E-state index contributed by atoms with van der Waals surface area (Å²) in [5.74, 6) is 0. The van der Waals surface area contributed by atoms with Crippen LogP contribution in [0, 0.1) is 6.92 Å². The van der Waals surface area contributed by atoms with Crippen LogP contribution in [0.25, 0.3) is 6.08 Å². The minimum atomic E-state index is -0.451. The quantitative estimate of drug-likeness (QED) is 0.839. The van der Waals surface area contributed by atoms with Gasteiger partial charge < -0.3 is 9.88 Å². The Balaban J connectivity index is 1.77. The molecule has 27 heavy (non-hydrogen) atoms. The van der Waals surface area contributed by atoms with E-state index in [0.29, 0.717) is 0 Å². The molecule has 0 spiro atoms. The van der Waals surface area contributed by atoms with Crippen molar-refractivity contribution in [3.05, 3.63) is 64.4 Å².